The Kier molecular flexibility index (Phi) is 6.66. The van der Waals surface area contributed by atoms with Crippen LogP contribution in [-0.4, -0.2) is 4.98 Å². The standard InChI is InChI=1S/C17H20N2O.2ClH/c1-17(18)11-5-8-15-14(17)9-10-16(19-15)20-12-13-6-3-2-4-7-13;;/h2-4,6-7,9-10H,5,8,11-12,18H2,1H3;2*1H. The Morgan fingerprint density at radius 2 is 1.86 bits per heavy atom. The van der Waals surface area contributed by atoms with Crippen LogP contribution in [0.3, 0.4) is 0 Å². The molecule has 1 aromatic heterocycles. The number of rotatable bonds is 3. The Hall–Kier alpha value is -1.29. The molecule has 1 aromatic carbocycles. The fourth-order valence-electron chi connectivity index (χ4n) is 2.76. The van der Waals surface area contributed by atoms with Crippen molar-refractivity contribution < 1.29 is 4.74 Å². The van der Waals surface area contributed by atoms with E-state index in [0.29, 0.717) is 12.5 Å². The van der Waals surface area contributed by atoms with E-state index in [2.05, 4.69) is 30.1 Å². The van der Waals surface area contributed by atoms with Crippen molar-refractivity contribution in [3.8, 4) is 5.88 Å². The van der Waals surface area contributed by atoms with Gasteiger partial charge < -0.3 is 10.5 Å². The van der Waals surface area contributed by atoms with Crippen molar-refractivity contribution in [3.05, 3.63) is 59.3 Å². The van der Waals surface area contributed by atoms with Crippen LogP contribution < -0.4 is 10.5 Å². The van der Waals surface area contributed by atoms with Gasteiger partial charge in [0.2, 0.25) is 5.88 Å². The highest BCUT2D eigenvalue weighted by Gasteiger charge is 2.28. The highest BCUT2D eigenvalue weighted by atomic mass is 35.5. The van der Waals surface area contributed by atoms with Crippen LogP contribution in [-0.2, 0) is 18.6 Å². The van der Waals surface area contributed by atoms with Crippen molar-refractivity contribution in [2.75, 3.05) is 0 Å². The average molecular weight is 341 g/mol. The highest BCUT2D eigenvalue weighted by molar-refractivity contribution is 5.85. The fourth-order valence-corrected chi connectivity index (χ4v) is 2.76. The molecule has 0 saturated heterocycles. The smallest absolute Gasteiger partial charge is 0.213 e. The Morgan fingerprint density at radius 3 is 2.59 bits per heavy atom. The van der Waals surface area contributed by atoms with Gasteiger partial charge in [0.15, 0.2) is 0 Å². The number of nitrogens with two attached hydrogens (primary N) is 1. The van der Waals surface area contributed by atoms with Gasteiger partial charge in [0.1, 0.15) is 6.61 Å². The first-order chi connectivity index (χ1) is 9.65. The molecule has 3 nitrogen and oxygen atoms in total. The molecule has 3 rings (SSSR count). The number of halogens is 2. The van der Waals surface area contributed by atoms with E-state index in [1.807, 2.05) is 24.3 Å². The molecule has 1 heterocycles. The third-order valence-electron chi connectivity index (χ3n) is 3.90. The molecular weight excluding hydrogens is 319 g/mol. The third kappa shape index (κ3) is 4.13. The van der Waals surface area contributed by atoms with Gasteiger partial charge in [0.05, 0.1) is 0 Å². The largest absolute Gasteiger partial charge is 0.473 e. The summed E-state index contributed by atoms with van der Waals surface area (Å²) in [6.45, 7) is 2.63. The van der Waals surface area contributed by atoms with Crippen molar-refractivity contribution in [2.45, 2.75) is 38.3 Å². The topological polar surface area (TPSA) is 48.1 Å². The molecule has 1 unspecified atom stereocenters. The van der Waals surface area contributed by atoms with Gasteiger partial charge in [-0.3, -0.25) is 0 Å². The molecular formula is C17H22Cl2N2O. The summed E-state index contributed by atoms with van der Waals surface area (Å²) in [6.07, 6.45) is 3.10. The summed E-state index contributed by atoms with van der Waals surface area (Å²) in [6, 6.07) is 14.1. The Labute approximate surface area is 144 Å². The molecule has 5 heteroatoms. The van der Waals surface area contributed by atoms with Crippen LogP contribution in [0.25, 0.3) is 0 Å². The molecule has 1 aliphatic rings. The number of pyridine rings is 1. The van der Waals surface area contributed by atoms with Gasteiger partial charge in [-0.15, -0.1) is 24.8 Å². The maximum atomic E-state index is 6.32. The summed E-state index contributed by atoms with van der Waals surface area (Å²) >= 11 is 0. The molecule has 2 aromatic rings. The number of fused-ring (bicyclic) bond motifs is 1. The van der Waals surface area contributed by atoms with Gasteiger partial charge in [0, 0.05) is 17.3 Å². The Bertz CT molecular complexity index is 603. The molecule has 1 atom stereocenters. The lowest BCUT2D eigenvalue weighted by Crippen LogP contribution is -2.37. The first kappa shape index (κ1) is 18.8. The quantitative estimate of drug-likeness (QED) is 0.917. The van der Waals surface area contributed by atoms with Gasteiger partial charge in [-0.25, -0.2) is 4.98 Å². The number of hydrogen-bond acceptors (Lipinski definition) is 3. The summed E-state index contributed by atoms with van der Waals surface area (Å²) < 4.78 is 5.77. The molecule has 0 fully saturated rings. The molecule has 2 N–H and O–H groups in total. The van der Waals surface area contributed by atoms with E-state index in [0.717, 1.165) is 36.1 Å². The van der Waals surface area contributed by atoms with Gasteiger partial charge in [0.25, 0.3) is 0 Å². The van der Waals surface area contributed by atoms with E-state index in [9.17, 15) is 0 Å². The zero-order valence-corrected chi connectivity index (χ0v) is 14.3. The van der Waals surface area contributed by atoms with Crippen molar-refractivity contribution in [1.29, 1.82) is 0 Å². The summed E-state index contributed by atoms with van der Waals surface area (Å²) in [5.74, 6) is 0.685. The van der Waals surface area contributed by atoms with E-state index in [4.69, 9.17) is 10.5 Å². The van der Waals surface area contributed by atoms with Crippen molar-refractivity contribution >= 4 is 24.8 Å². The van der Waals surface area contributed by atoms with Gasteiger partial charge in [-0.1, -0.05) is 36.4 Å². The number of hydrogen-bond donors (Lipinski definition) is 1. The van der Waals surface area contributed by atoms with E-state index >= 15 is 0 Å². The number of aryl methyl sites for hydroxylation is 1. The average Bonchev–Trinajstić information content (AvgIpc) is 2.46. The van der Waals surface area contributed by atoms with Crippen LogP contribution in [0.2, 0.25) is 0 Å². The maximum absolute atomic E-state index is 6.32. The molecule has 0 aliphatic heterocycles. The minimum atomic E-state index is -0.251. The van der Waals surface area contributed by atoms with Gasteiger partial charge in [-0.05, 0) is 37.3 Å². The van der Waals surface area contributed by atoms with Crippen LogP contribution >= 0.6 is 24.8 Å². The van der Waals surface area contributed by atoms with Crippen molar-refractivity contribution in [3.63, 3.8) is 0 Å². The molecule has 0 spiro atoms. The molecule has 0 bridgehead atoms. The first-order valence-electron chi connectivity index (χ1n) is 7.11. The molecule has 22 heavy (non-hydrogen) atoms. The fraction of sp³-hybridized carbons (Fsp3) is 0.353. The number of ether oxygens (including phenoxy) is 1. The molecule has 0 saturated carbocycles. The second kappa shape index (κ2) is 7.82. The van der Waals surface area contributed by atoms with Crippen LogP contribution in [0.1, 0.15) is 36.6 Å². The lowest BCUT2D eigenvalue weighted by atomic mass is 9.81. The van der Waals surface area contributed by atoms with Crippen LogP contribution in [0.15, 0.2) is 42.5 Å². The van der Waals surface area contributed by atoms with Gasteiger partial charge >= 0.3 is 0 Å². The molecule has 0 amide bonds. The van der Waals surface area contributed by atoms with E-state index in [-0.39, 0.29) is 30.4 Å². The Balaban J connectivity index is 0.00000121. The number of benzene rings is 1. The second-order valence-electron chi connectivity index (χ2n) is 5.69. The third-order valence-corrected chi connectivity index (χ3v) is 3.90. The Morgan fingerprint density at radius 1 is 1.14 bits per heavy atom. The molecule has 1 aliphatic carbocycles. The normalized spacial score (nSPS) is 19.4. The van der Waals surface area contributed by atoms with E-state index < -0.39 is 0 Å². The maximum Gasteiger partial charge on any atom is 0.213 e. The summed E-state index contributed by atoms with van der Waals surface area (Å²) in [4.78, 5) is 4.62. The summed E-state index contributed by atoms with van der Waals surface area (Å²) in [5, 5.41) is 0. The predicted octanol–water partition coefficient (Wildman–Crippen LogP) is 4.01. The van der Waals surface area contributed by atoms with E-state index in [1.54, 1.807) is 0 Å². The second-order valence-corrected chi connectivity index (χ2v) is 5.69. The van der Waals surface area contributed by atoms with Crippen LogP contribution in [0, 0.1) is 0 Å². The van der Waals surface area contributed by atoms with Crippen molar-refractivity contribution in [2.24, 2.45) is 5.73 Å². The van der Waals surface area contributed by atoms with Crippen LogP contribution in [0.4, 0.5) is 0 Å². The van der Waals surface area contributed by atoms with Crippen molar-refractivity contribution in [1.82, 2.24) is 4.98 Å². The summed E-state index contributed by atoms with van der Waals surface area (Å²) in [7, 11) is 0. The van der Waals surface area contributed by atoms with Crippen LogP contribution in [0.5, 0.6) is 5.88 Å². The van der Waals surface area contributed by atoms with E-state index in [1.165, 1.54) is 0 Å². The zero-order chi connectivity index (χ0) is 14.0. The monoisotopic (exact) mass is 340 g/mol. The first-order valence-corrected chi connectivity index (χ1v) is 7.11. The molecule has 120 valence electrons. The molecule has 0 radical (unpaired) electrons. The lowest BCUT2D eigenvalue weighted by Gasteiger charge is -2.31. The van der Waals surface area contributed by atoms with Gasteiger partial charge in [-0.2, -0.15) is 0 Å². The SMILES string of the molecule is CC1(N)CCCc2nc(OCc3ccccc3)ccc21.Cl.Cl. The predicted molar refractivity (Wildman–Crippen MR) is 94.0 cm³/mol. The number of aromatic nitrogens is 1. The minimum Gasteiger partial charge on any atom is -0.473 e. The number of nitrogens with zero attached hydrogens (tertiary/aromatic N) is 1. The summed E-state index contributed by atoms with van der Waals surface area (Å²) in [5.41, 5.74) is 9.47. The minimum absolute atomic E-state index is 0. The highest BCUT2D eigenvalue weighted by Crippen LogP contribution is 2.33. The lowest BCUT2D eigenvalue weighted by molar-refractivity contribution is 0.290. The zero-order valence-electron chi connectivity index (χ0n) is 12.6.